The molecule has 0 aliphatic heterocycles. The fourth-order valence-corrected chi connectivity index (χ4v) is 1.95. The maximum absolute atomic E-state index is 5.54. The molecule has 1 N–H and O–H groups in total. The lowest BCUT2D eigenvalue weighted by Gasteiger charge is -2.13. The monoisotopic (exact) mass is 277 g/mol. The smallest absolute Gasteiger partial charge is 0.161 e. The second-order valence-electron chi connectivity index (χ2n) is 5.00. The van der Waals surface area contributed by atoms with Gasteiger partial charge in [0.05, 0.1) is 13.7 Å². The Morgan fingerprint density at radius 2 is 2.00 bits per heavy atom. The van der Waals surface area contributed by atoms with Crippen molar-refractivity contribution in [3.8, 4) is 11.5 Å². The molecule has 112 valence electrons. The van der Waals surface area contributed by atoms with Gasteiger partial charge in [-0.05, 0) is 37.1 Å². The van der Waals surface area contributed by atoms with Gasteiger partial charge in [0.2, 0.25) is 0 Å². The third kappa shape index (κ3) is 4.89. The van der Waals surface area contributed by atoms with Crippen LogP contribution in [-0.4, -0.2) is 26.8 Å². The van der Waals surface area contributed by atoms with E-state index in [2.05, 4.69) is 38.2 Å². The number of methoxy groups -OCH3 is 1. The first-order valence-corrected chi connectivity index (χ1v) is 7.34. The molecule has 0 saturated carbocycles. The van der Waals surface area contributed by atoms with Crippen LogP contribution in [0.1, 0.15) is 33.3 Å². The van der Waals surface area contributed by atoms with E-state index >= 15 is 0 Å². The maximum atomic E-state index is 5.54. The summed E-state index contributed by atoms with van der Waals surface area (Å²) in [4.78, 5) is 0. The number of ether oxygens (including phenoxy) is 2. The molecule has 0 heterocycles. The van der Waals surface area contributed by atoms with Gasteiger partial charge in [-0.1, -0.05) is 38.5 Å². The minimum atomic E-state index is 0.520. The van der Waals surface area contributed by atoms with Crippen LogP contribution in [0.3, 0.4) is 0 Å². The minimum absolute atomic E-state index is 0.520. The molecular weight excluding hydrogens is 250 g/mol. The van der Waals surface area contributed by atoms with Gasteiger partial charge in [0, 0.05) is 6.54 Å². The Hall–Kier alpha value is -1.48. The van der Waals surface area contributed by atoms with Crippen LogP contribution in [0.25, 0.3) is 6.08 Å². The molecule has 0 unspecified atom stereocenters. The van der Waals surface area contributed by atoms with Crippen molar-refractivity contribution in [1.82, 2.24) is 5.32 Å². The van der Waals surface area contributed by atoms with E-state index < -0.39 is 0 Å². The summed E-state index contributed by atoms with van der Waals surface area (Å²) < 4.78 is 10.9. The van der Waals surface area contributed by atoms with Crippen LogP contribution in [0, 0.1) is 5.92 Å². The lowest BCUT2D eigenvalue weighted by atomic mass is 10.00. The van der Waals surface area contributed by atoms with Crippen LogP contribution < -0.4 is 14.8 Å². The average molecular weight is 277 g/mol. The van der Waals surface area contributed by atoms with Crippen molar-refractivity contribution < 1.29 is 9.47 Å². The van der Waals surface area contributed by atoms with Gasteiger partial charge in [0.25, 0.3) is 0 Å². The molecule has 1 aromatic carbocycles. The van der Waals surface area contributed by atoms with Crippen molar-refractivity contribution in [1.29, 1.82) is 0 Å². The zero-order valence-corrected chi connectivity index (χ0v) is 13.3. The molecule has 0 fully saturated rings. The van der Waals surface area contributed by atoms with Crippen molar-refractivity contribution >= 4 is 6.08 Å². The molecule has 0 amide bonds. The number of rotatable bonds is 8. The van der Waals surface area contributed by atoms with Crippen LogP contribution >= 0.6 is 0 Å². The van der Waals surface area contributed by atoms with Gasteiger partial charge in [-0.25, -0.2) is 0 Å². The topological polar surface area (TPSA) is 30.5 Å². The zero-order chi connectivity index (χ0) is 15.0. The number of hydrogen-bond acceptors (Lipinski definition) is 3. The highest BCUT2D eigenvalue weighted by Gasteiger charge is 2.07. The molecule has 1 rings (SSSR count). The van der Waals surface area contributed by atoms with E-state index in [0.717, 1.165) is 30.2 Å². The summed E-state index contributed by atoms with van der Waals surface area (Å²) in [5, 5.41) is 3.39. The zero-order valence-electron chi connectivity index (χ0n) is 13.3. The SMILES string of the molecule is CCNCC(=Cc1ccc(OCC)c(OC)c1)C(C)C. The summed E-state index contributed by atoms with van der Waals surface area (Å²) in [5.74, 6) is 2.10. The summed E-state index contributed by atoms with van der Waals surface area (Å²) in [6, 6.07) is 6.07. The molecule has 0 spiro atoms. The molecule has 0 aliphatic carbocycles. The molecule has 3 nitrogen and oxygen atoms in total. The summed E-state index contributed by atoms with van der Waals surface area (Å²) in [6.07, 6.45) is 2.23. The third-order valence-electron chi connectivity index (χ3n) is 3.16. The van der Waals surface area contributed by atoms with Crippen LogP contribution in [0.2, 0.25) is 0 Å². The second-order valence-corrected chi connectivity index (χ2v) is 5.00. The Labute approximate surface area is 123 Å². The van der Waals surface area contributed by atoms with E-state index in [1.54, 1.807) is 7.11 Å². The highest BCUT2D eigenvalue weighted by atomic mass is 16.5. The number of benzene rings is 1. The molecule has 0 bridgehead atoms. The molecule has 0 saturated heterocycles. The van der Waals surface area contributed by atoms with E-state index in [0.29, 0.717) is 12.5 Å². The Bertz CT molecular complexity index is 439. The molecule has 20 heavy (non-hydrogen) atoms. The molecular formula is C17H27NO2. The lowest BCUT2D eigenvalue weighted by molar-refractivity contribution is 0.311. The molecule has 0 aliphatic rings. The Balaban J connectivity index is 2.99. The Kier molecular flexibility index (Phi) is 7.16. The van der Waals surface area contributed by atoms with Crippen molar-refractivity contribution in [2.24, 2.45) is 5.92 Å². The van der Waals surface area contributed by atoms with E-state index in [1.165, 1.54) is 5.57 Å². The highest BCUT2D eigenvalue weighted by molar-refractivity contribution is 5.58. The standard InChI is InChI=1S/C17H27NO2/c1-6-18-12-15(13(3)4)10-14-8-9-16(20-7-2)17(11-14)19-5/h8-11,13,18H,6-7,12H2,1-5H3. The number of nitrogens with one attached hydrogen (secondary N) is 1. The molecule has 1 aromatic rings. The van der Waals surface area contributed by atoms with Gasteiger partial charge in [-0.2, -0.15) is 0 Å². The quantitative estimate of drug-likeness (QED) is 0.785. The minimum Gasteiger partial charge on any atom is -0.493 e. The summed E-state index contributed by atoms with van der Waals surface area (Å²) >= 11 is 0. The van der Waals surface area contributed by atoms with E-state index in [-0.39, 0.29) is 0 Å². The molecule has 0 atom stereocenters. The number of likely N-dealkylation sites (N-methyl/N-ethyl adjacent to an activating group) is 1. The highest BCUT2D eigenvalue weighted by Crippen LogP contribution is 2.29. The lowest BCUT2D eigenvalue weighted by Crippen LogP contribution is -2.18. The van der Waals surface area contributed by atoms with Crippen LogP contribution in [0.5, 0.6) is 11.5 Å². The first kappa shape index (κ1) is 16.6. The van der Waals surface area contributed by atoms with Gasteiger partial charge in [-0.3, -0.25) is 0 Å². The molecule has 3 heteroatoms. The maximum Gasteiger partial charge on any atom is 0.161 e. The van der Waals surface area contributed by atoms with Crippen molar-refractivity contribution in [3.63, 3.8) is 0 Å². The Morgan fingerprint density at radius 1 is 1.25 bits per heavy atom. The molecule has 0 aromatic heterocycles. The van der Waals surface area contributed by atoms with E-state index in [4.69, 9.17) is 9.47 Å². The predicted octanol–water partition coefficient (Wildman–Crippen LogP) is 3.74. The predicted molar refractivity (Wildman–Crippen MR) is 85.5 cm³/mol. The van der Waals surface area contributed by atoms with Gasteiger partial charge in [0.1, 0.15) is 0 Å². The van der Waals surface area contributed by atoms with Crippen molar-refractivity contribution in [2.45, 2.75) is 27.7 Å². The first-order valence-electron chi connectivity index (χ1n) is 7.34. The fourth-order valence-electron chi connectivity index (χ4n) is 1.95. The van der Waals surface area contributed by atoms with E-state index in [9.17, 15) is 0 Å². The second kappa shape index (κ2) is 8.64. The molecule has 0 radical (unpaired) electrons. The number of hydrogen-bond donors (Lipinski definition) is 1. The van der Waals surface area contributed by atoms with Crippen LogP contribution in [0.4, 0.5) is 0 Å². The summed E-state index contributed by atoms with van der Waals surface area (Å²) in [6.45, 7) is 11.1. The third-order valence-corrected chi connectivity index (χ3v) is 3.16. The average Bonchev–Trinajstić information content (AvgIpc) is 2.44. The Morgan fingerprint density at radius 3 is 2.55 bits per heavy atom. The largest absolute Gasteiger partial charge is 0.493 e. The normalized spacial score (nSPS) is 11.8. The first-order chi connectivity index (χ1) is 9.62. The fraction of sp³-hybridized carbons (Fsp3) is 0.529. The van der Waals surface area contributed by atoms with E-state index in [1.807, 2.05) is 19.1 Å². The van der Waals surface area contributed by atoms with Crippen LogP contribution in [0.15, 0.2) is 23.8 Å². The van der Waals surface area contributed by atoms with Gasteiger partial charge in [-0.15, -0.1) is 0 Å². The summed E-state index contributed by atoms with van der Waals surface area (Å²) in [5.41, 5.74) is 2.53. The van der Waals surface area contributed by atoms with Gasteiger partial charge in [0.15, 0.2) is 11.5 Å². The van der Waals surface area contributed by atoms with Crippen molar-refractivity contribution in [2.75, 3.05) is 26.8 Å². The van der Waals surface area contributed by atoms with Crippen LogP contribution in [-0.2, 0) is 0 Å². The van der Waals surface area contributed by atoms with Gasteiger partial charge >= 0.3 is 0 Å². The summed E-state index contributed by atoms with van der Waals surface area (Å²) in [7, 11) is 1.67. The van der Waals surface area contributed by atoms with Gasteiger partial charge < -0.3 is 14.8 Å². The van der Waals surface area contributed by atoms with Crippen molar-refractivity contribution in [3.05, 3.63) is 29.3 Å².